The molecule has 1 aromatic heterocycles. The van der Waals surface area contributed by atoms with Crippen LogP contribution in [0, 0.1) is 6.92 Å². The minimum atomic E-state index is 0.458. The van der Waals surface area contributed by atoms with Crippen molar-refractivity contribution in [1.82, 2.24) is 10.3 Å². The molecule has 0 amide bonds. The molecule has 0 bridgehead atoms. The summed E-state index contributed by atoms with van der Waals surface area (Å²) < 4.78 is 5.75. The fourth-order valence-electron chi connectivity index (χ4n) is 1.69. The van der Waals surface area contributed by atoms with Gasteiger partial charge in [0.05, 0.1) is 0 Å². The summed E-state index contributed by atoms with van der Waals surface area (Å²) >= 11 is 5.97. The molecule has 1 N–H and O–H groups in total. The van der Waals surface area contributed by atoms with Gasteiger partial charge in [-0.15, -0.1) is 0 Å². The number of pyridine rings is 1. The Balaban J connectivity index is 2.05. The molecule has 0 saturated heterocycles. The molecule has 106 valence electrons. The Bertz CT molecular complexity index is 567. The SMILES string of the molecule is Cc1ccc(Cl)cc1Oc1ccc(CNC(C)C)cn1. The van der Waals surface area contributed by atoms with Crippen molar-refractivity contribution >= 4 is 11.6 Å². The topological polar surface area (TPSA) is 34.1 Å². The Morgan fingerprint density at radius 1 is 1.25 bits per heavy atom. The molecule has 3 nitrogen and oxygen atoms in total. The highest BCUT2D eigenvalue weighted by molar-refractivity contribution is 6.30. The lowest BCUT2D eigenvalue weighted by atomic mass is 10.2. The van der Waals surface area contributed by atoms with Crippen molar-refractivity contribution in [2.24, 2.45) is 0 Å². The van der Waals surface area contributed by atoms with E-state index in [1.165, 1.54) is 0 Å². The smallest absolute Gasteiger partial charge is 0.219 e. The monoisotopic (exact) mass is 290 g/mol. The molecule has 0 unspecified atom stereocenters. The fourth-order valence-corrected chi connectivity index (χ4v) is 1.86. The van der Waals surface area contributed by atoms with E-state index in [4.69, 9.17) is 16.3 Å². The van der Waals surface area contributed by atoms with Gasteiger partial charge in [-0.1, -0.05) is 37.6 Å². The van der Waals surface area contributed by atoms with Gasteiger partial charge in [0.25, 0.3) is 0 Å². The number of aromatic nitrogens is 1. The van der Waals surface area contributed by atoms with Crippen LogP contribution in [0.5, 0.6) is 11.6 Å². The number of ether oxygens (including phenoxy) is 1. The van der Waals surface area contributed by atoms with Crippen LogP contribution >= 0.6 is 11.6 Å². The van der Waals surface area contributed by atoms with Crippen LogP contribution in [-0.2, 0) is 6.54 Å². The van der Waals surface area contributed by atoms with Gasteiger partial charge < -0.3 is 10.1 Å². The number of nitrogens with zero attached hydrogens (tertiary/aromatic N) is 1. The number of aryl methyl sites for hydroxylation is 1. The molecule has 0 aliphatic rings. The Kier molecular flexibility index (Phi) is 4.99. The molecule has 1 aromatic carbocycles. The van der Waals surface area contributed by atoms with Crippen molar-refractivity contribution in [2.45, 2.75) is 33.4 Å². The number of nitrogens with one attached hydrogen (secondary N) is 1. The van der Waals surface area contributed by atoms with Crippen molar-refractivity contribution in [3.05, 3.63) is 52.7 Å². The van der Waals surface area contributed by atoms with Gasteiger partial charge >= 0.3 is 0 Å². The lowest BCUT2D eigenvalue weighted by molar-refractivity contribution is 0.458. The Morgan fingerprint density at radius 2 is 2.05 bits per heavy atom. The molecule has 1 heterocycles. The molecule has 0 fully saturated rings. The van der Waals surface area contributed by atoms with Crippen molar-refractivity contribution in [3.8, 4) is 11.6 Å². The fraction of sp³-hybridized carbons (Fsp3) is 0.312. The van der Waals surface area contributed by atoms with Crippen LogP contribution in [-0.4, -0.2) is 11.0 Å². The molecule has 0 atom stereocenters. The third-order valence-corrected chi connectivity index (χ3v) is 3.11. The molecular weight excluding hydrogens is 272 g/mol. The van der Waals surface area contributed by atoms with Gasteiger partial charge in [0.15, 0.2) is 0 Å². The zero-order valence-electron chi connectivity index (χ0n) is 12.0. The molecule has 0 aliphatic heterocycles. The minimum Gasteiger partial charge on any atom is -0.439 e. The molecule has 0 radical (unpaired) electrons. The molecule has 20 heavy (non-hydrogen) atoms. The zero-order valence-corrected chi connectivity index (χ0v) is 12.7. The number of rotatable bonds is 5. The predicted molar refractivity (Wildman–Crippen MR) is 82.5 cm³/mol. The molecule has 0 spiro atoms. The van der Waals surface area contributed by atoms with Gasteiger partial charge in [-0.2, -0.15) is 0 Å². The molecule has 4 heteroatoms. The Labute approximate surface area is 124 Å². The highest BCUT2D eigenvalue weighted by atomic mass is 35.5. The van der Waals surface area contributed by atoms with E-state index in [-0.39, 0.29) is 0 Å². The molecular formula is C16H19ClN2O. The van der Waals surface area contributed by atoms with Crippen LogP contribution in [0.4, 0.5) is 0 Å². The zero-order chi connectivity index (χ0) is 14.5. The second-order valence-electron chi connectivity index (χ2n) is 5.05. The maximum absolute atomic E-state index is 5.97. The van der Waals surface area contributed by atoms with Gasteiger partial charge in [-0.05, 0) is 30.2 Å². The summed E-state index contributed by atoms with van der Waals surface area (Å²) in [6, 6.07) is 9.92. The quantitative estimate of drug-likeness (QED) is 0.890. The van der Waals surface area contributed by atoms with E-state index >= 15 is 0 Å². The molecule has 2 rings (SSSR count). The lowest BCUT2D eigenvalue weighted by Gasteiger charge is -2.10. The first kappa shape index (κ1) is 14.8. The lowest BCUT2D eigenvalue weighted by Crippen LogP contribution is -2.21. The first-order valence-corrected chi connectivity index (χ1v) is 7.04. The summed E-state index contributed by atoms with van der Waals surface area (Å²) in [5.41, 5.74) is 2.16. The standard InChI is InChI=1S/C16H19ClN2O/c1-11(2)18-9-13-5-7-16(19-10-13)20-15-8-14(17)6-4-12(15)3/h4-8,10-11,18H,9H2,1-3H3. The van der Waals surface area contributed by atoms with Gasteiger partial charge in [0.2, 0.25) is 5.88 Å². The van der Waals surface area contributed by atoms with Crippen LogP contribution in [0.1, 0.15) is 25.0 Å². The normalized spacial score (nSPS) is 10.8. The number of halogens is 1. The molecule has 0 aliphatic carbocycles. The van der Waals surface area contributed by atoms with Crippen molar-refractivity contribution in [2.75, 3.05) is 0 Å². The van der Waals surface area contributed by atoms with Crippen molar-refractivity contribution in [1.29, 1.82) is 0 Å². The number of hydrogen-bond acceptors (Lipinski definition) is 3. The highest BCUT2D eigenvalue weighted by Gasteiger charge is 2.04. The van der Waals surface area contributed by atoms with Crippen LogP contribution in [0.3, 0.4) is 0 Å². The Hall–Kier alpha value is -1.58. The third-order valence-electron chi connectivity index (χ3n) is 2.88. The van der Waals surface area contributed by atoms with Gasteiger partial charge in [0.1, 0.15) is 5.75 Å². The maximum Gasteiger partial charge on any atom is 0.219 e. The predicted octanol–water partition coefficient (Wildman–Crippen LogP) is 4.33. The largest absolute Gasteiger partial charge is 0.439 e. The summed E-state index contributed by atoms with van der Waals surface area (Å²) in [5, 5.41) is 4.01. The summed E-state index contributed by atoms with van der Waals surface area (Å²) in [6.07, 6.45) is 1.82. The second-order valence-corrected chi connectivity index (χ2v) is 5.49. The van der Waals surface area contributed by atoms with E-state index < -0.39 is 0 Å². The summed E-state index contributed by atoms with van der Waals surface area (Å²) in [7, 11) is 0. The van der Waals surface area contributed by atoms with E-state index in [1.807, 2.05) is 37.4 Å². The average molecular weight is 291 g/mol. The van der Waals surface area contributed by atoms with Crippen LogP contribution in [0.15, 0.2) is 36.5 Å². The van der Waals surface area contributed by atoms with Gasteiger partial charge in [-0.25, -0.2) is 4.98 Å². The first-order valence-electron chi connectivity index (χ1n) is 6.67. The van der Waals surface area contributed by atoms with E-state index in [0.717, 1.165) is 23.4 Å². The van der Waals surface area contributed by atoms with Gasteiger partial charge in [0, 0.05) is 29.9 Å². The van der Waals surface area contributed by atoms with Gasteiger partial charge in [-0.3, -0.25) is 0 Å². The number of hydrogen-bond donors (Lipinski definition) is 1. The van der Waals surface area contributed by atoms with Crippen molar-refractivity contribution < 1.29 is 4.74 Å². The highest BCUT2D eigenvalue weighted by Crippen LogP contribution is 2.26. The average Bonchev–Trinajstić information content (AvgIpc) is 2.42. The van der Waals surface area contributed by atoms with Crippen LogP contribution in [0.25, 0.3) is 0 Å². The summed E-state index contributed by atoms with van der Waals surface area (Å²) in [4.78, 5) is 4.32. The van der Waals surface area contributed by atoms with E-state index in [2.05, 4.69) is 24.1 Å². The van der Waals surface area contributed by atoms with E-state index in [1.54, 1.807) is 6.07 Å². The third kappa shape index (κ3) is 4.22. The minimum absolute atomic E-state index is 0.458. The second kappa shape index (κ2) is 6.73. The van der Waals surface area contributed by atoms with Crippen LogP contribution in [0.2, 0.25) is 5.02 Å². The number of benzene rings is 1. The van der Waals surface area contributed by atoms with Crippen molar-refractivity contribution in [3.63, 3.8) is 0 Å². The van der Waals surface area contributed by atoms with E-state index in [9.17, 15) is 0 Å². The summed E-state index contributed by atoms with van der Waals surface area (Å²) in [6.45, 7) is 7.02. The maximum atomic E-state index is 5.97. The molecule has 0 saturated carbocycles. The first-order chi connectivity index (χ1) is 9.54. The Morgan fingerprint density at radius 3 is 2.70 bits per heavy atom. The summed E-state index contributed by atoms with van der Waals surface area (Å²) in [5.74, 6) is 1.31. The van der Waals surface area contributed by atoms with Crippen LogP contribution < -0.4 is 10.1 Å². The van der Waals surface area contributed by atoms with E-state index in [0.29, 0.717) is 16.9 Å². The molecule has 2 aromatic rings.